The maximum atomic E-state index is 5.72. The summed E-state index contributed by atoms with van der Waals surface area (Å²) in [7, 11) is 0. The van der Waals surface area contributed by atoms with Gasteiger partial charge in [-0.05, 0) is 31.4 Å². The summed E-state index contributed by atoms with van der Waals surface area (Å²) in [6, 6.07) is 1.93. The van der Waals surface area contributed by atoms with Crippen LogP contribution in [0.15, 0.2) is 24.0 Å². The molecule has 0 spiro atoms. The van der Waals surface area contributed by atoms with E-state index in [0.29, 0.717) is 5.92 Å². The van der Waals surface area contributed by atoms with Crippen molar-refractivity contribution in [2.75, 3.05) is 24.5 Å². The van der Waals surface area contributed by atoms with Gasteiger partial charge in [0.05, 0.1) is 16.1 Å². The third-order valence-corrected chi connectivity index (χ3v) is 4.35. The normalized spacial score (nSPS) is 16.8. The van der Waals surface area contributed by atoms with Crippen LogP contribution in [0.3, 0.4) is 0 Å². The van der Waals surface area contributed by atoms with Gasteiger partial charge in [0.15, 0.2) is 0 Å². The molecule has 0 atom stereocenters. The van der Waals surface area contributed by atoms with Crippen LogP contribution < -0.4 is 10.6 Å². The van der Waals surface area contributed by atoms with E-state index in [0.717, 1.165) is 49.0 Å². The van der Waals surface area contributed by atoms with Gasteiger partial charge in [-0.25, -0.2) is 9.97 Å². The second-order valence-electron chi connectivity index (χ2n) is 4.77. The molecule has 0 saturated carbocycles. The Balaban J connectivity index is 1.77. The van der Waals surface area contributed by atoms with Gasteiger partial charge in [-0.3, -0.25) is 4.98 Å². The molecule has 0 bridgehead atoms. The van der Waals surface area contributed by atoms with E-state index in [-0.39, 0.29) is 0 Å². The summed E-state index contributed by atoms with van der Waals surface area (Å²) in [5.41, 5.74) is 8.50. The van der Waals surface area contributed by atoms with Gasteiger partial charge >= 0.3 is 0 Å². The minimum atomic E-state index is 0.654. The van der Waals surface area contributed by atoms with Crippen LogP contribution in [0.5, 0.6) is 0 Å². The lowest BCUT2D eigenvalue weighted by atomic mass is 9.97. The smallest absolute Gasteiger partial charge is 0.225 e. The van der Waals surface area contributed by atoms with E-state index in [9.17, 15) is 0 Å². The molecule has 0 aliphatic carbocycles. The zero-order valence-electron chi connectivity index (χ0n) is 10.7. The molecule has 0 amide bonds. The van der Waals surface area contributed by atoms with Gasteiger partial charge < -0.3 is 10.6 Å². The number of hydrogen-bond donors (Lipinski definition) is 1. The number of hydrogen-bond acceptors (Lipinski definition) is 6. The summed E-state index contributed by atoms with van der Waals surface area (Å²) >= 11 is 1.60. The Morgan fingerprint density at radius 1 is 1.37 bits per heavy atom. The lowest BCUT2D eigenvalue weighted by molar-refractivity contribution is 0.411. The molecule has 2 aromatic heterocycles. The molecule has 19 heavy (non-hydrogen) atoms. The first-order valence-corrected chi connectivity index (χ1v) is 7.41. The van der Waals surface area contributed by atoms with Crippen LogP contribution in [0, 0.1) is 5.92 Å². The maximum absolute atomic E-state index is 5.72. The van der Waals surface area contributed by atoms with Crippen LogP contribution in [0.25, 0.3) is 10.6 Å². The van der Waals surface area contributed by atoms with Crippen molar-refractivity contribution in [1.29, 1.82) is 0 Å². The molecule has 2 N–H and O–H groups in total. The highest BCUT2D eigenvalue weighted by Gasteiger charge is 2.20. The average molecular weight is 275 g/mol. The summed E-state index contributed by atoms with van der Waals surface area (Å²) in [6.07, 6.45) is 5.93. The minimum absolute atomic E-state index is 0.654. The first-order valence-electron chi connectivity index (χ1n) is 6.53. The standard InChI is InChI=1S/C13H17N5S/c14-7-10-2-5-18(6-3-10)13-16-4-1-11(17-13)12-8-15-9-19-12/h1,4,8-10H,2-3,5-7,14H2. The Bertz CT molecular complexity index is 520. The SMILES string of the molecule is NCC1CCN(c2nccc(-c3cncs3)n2)CC1. The predicted molar refractivity (Wildman–Crippen MR) is 77.1 cm³/mol. The highest BCUT2D eigenvalue weighted by molar-refractivity contribution is 7.13. The molecule has 1 aliphatic heterocycles. The molecule has 5 nitrogen and oxygen atoms in total. The van der Waals surface area contributed by atoms with Gasteiger partial charge in [0.1, 0.15) is 0 Å². The monoisotopic (exact) mass is 275 g/mol. The number of nitrogens with two attached hydrogens (primary N) is 1. The number of nitrogens with zero attached hydrogens (tertiary/aromatic N) is 4. The summed E-state index contributed by atoms with van der Waals surface area (Å²) in [4.78, 5) is 16.5. The third-order valence-electron chi connectivity index (χ3n) is 3.56. The molecule has 0 radical (unpaired) electrons. The van der Waals surface area contributed by atoms with Crippen molar-refractivity contribution in [2.24, 2.45) is 11.7 Å². The molecular weight excluding hydrogens is 258 g/mol. The Hall–Kier alpha value is -1.53. The number of anilines is 1. The van der Waals surface area contributed by atoms with Crippen molar-refractivity contribution in [3.8, 4) is 10.6 Å². The largest absolute Gasteiger partial charge is 0.341 e. The summed E-state index contributed by atoms with van der Waals surface area (Å²) in [5.74, 6) is 1.47. The van der Waals surface area contributed by atoms with Gasteiger partial charge in [0, 0.05) is 25.5 Å². The van der Waals surface area contributed by atoms with Crippen LogP contribution in [0.4, 0.5) is 5.95 Å². The van der Waals surface area contributed by atoms with Crippen molar-refractivity contribution in [2.45, 2.75) is 12.8 Å². The number of piperidine rings is 1. The van der Waals surface area contributed by atoms with Crippen LogP contribution in [-0.2, 0) is 0 Å². The summed E-state index contributed by atoms with van der Waals surface area (Å²) in [6.45, 7) is 2.78. The predicted octanol–water partition coefficient (Wildman–Crippen LogP) is 1.78. The highest BCUT2D eigenvalue weighted by Crippen LogP contribution is 2.24. The molecular formula is C13H17N5S. The van der Waals surface area contributed by atoms with Crippen LogP contribution in [0.2, 0.25) is 0 Å². The molecule has 1 aliphatic rings. The lowest BCUT2D eigenvalue weighted by Crippen LogP contribution is -2.37. The van der Waals surface area contributed by atoms with E-state index in [2.05, 4.69) is 19.9 Å². The zero-order chi connectivity index (χ0) is 13.1. The van der Waals surface area contributed by atoms with E-state index in [4.69, 9.17) is 5.73 Å². The van der Waals surface area contributed by atoms with Crippen molar-refractivity contribution in [3.05, 3.63) is 24.0 Å². The molecule has 100 valence electrons. The third kappa shape index (κ3) is 2.74. The molecule has 1 fully saturated rings. The van der Waals surface area contributed by atoms with Crippen LogP contribution in [0.1, 0.15) is 12.8 Å². The van der Waals surface area contributed by atoms with Gasteiger partial charge in [-0.1, -0.05) is 0 Å². The molecule has 2 aromatic rings. The minimum Gasteiger partial charge on any atom is -0.341 e. The van der Waals surface area contributed by atoms with Gasteiger partial charge in [-0.15, -0.1) is 11.3 Å². The Morgan fingerprint density at radius 3 is 2.89 bits per heavy atom. The fourth-order valence-electron chi connectivity index (χ4n) is 2.35. The van der Waals surface area contributed by atoms with Crippen molar-refractivity contribution >= 4 is 17.3 Å². The Morgan fingerprint density at radius 2 is 2.21 bits per heavy atom. The zero-order valence-corrected chi connectivity index (χ0v) is 11.5. The average Bonchev–Trinajstić information content (AvgIpc) is 3.02. The molecule has 0 unspecified atom stereocenters. The van der Waals surface area contributed by atoms with Crippen molar-refractivity contribution < 1.29 is 0 Å². The Kier molecular flexibility index (Phi) is 3.70. The first-order chi connectivity index (χ1) is 9.36. The molecule has 3 heterocycles. The quantitative estimate of drug-likeness (QED) is 0.924. The topological polar surface area (TPSA) is 67.9 Å². The van der Waals surface area contributed by atoms with E-state index < -0.39 is 0 Å². The van der Waals surface area contributed by atoms with E-state index >= 15 is 0 Å². The second kappa shape index (κ2) is 5.63. The summed E-state index contributed by atoms with van der Waals surface area (Å²) < 4.78 is 0. The molecule has 6 heteroatoms. The van der Waals surface area contributed by atoms with Gasteiger partial charge in [0.2, 0.25) is 5.95 Å². The Labute approximate surface area is 116 Å². The number of aromatic nitrogens is 3. The van der Waals surface area contributed by atoms with Gasteiger partial charge in [-0.2, -0.15) is 0 Å². The molecule has 0 aromatic carbocycles. The second-order valence-corrected chi connectivity index (χ2v) is 5.66. The number of rotatable bonds is 3. The van der Waals surface area contributed by atoms with E-state index in [1.807, 2.05) is 24.0 Å². The molecule has 1 saturated heterocycles. The highest BCUT2D eigenvalue weighted by atomic mass is 32.1. The van der Waals surface area contributed by atoms with Crippen molar-refractivity contribution in [3.63, 3.8) is 0 Å². The lowest BCUT2D eigenvalue weighted by Gasteiger charge is -2.31. The van der Waals surface area contributed by atoms with Crippen molar-refractivity contribution in [1.82, 2.24) is 15.0 Å². The molecule has 3 rings (SSSR count). The van der Waals surface area contributed by atoms with Crippen LogP contribution in [-0.4, -0.2) is 34.6 Å². The van der Waals surface area contributed by atoms with E-state index in [1.54, 1.807) is 11.3 Å². The summed E-state index contributed by atoms with van der Waals surface area (Å²) in [5, 5.41) is 0. The fraction of sp³-hybridized carbons (Fsp3) is 0.462. The van der Waals surface area contributed by atoms with Gasteiger partial charge in [0.25, 0.3) is 0 Å². The first kappa shape index (κ1) is 12.5. The maximum Gasteiger partial charge on any atom is 0.225 e. The van der Waals surface area contributed by atoms with Crippen LogP contribution >= 0.6 is 11.3 Å². The van der Waals surface area contributed by atoms with E-state index in [1.165, 1.54) is 0 Å². The number of thiazole rings is 1. The fourth-order valence-corrected chi connectivity index (χ4v) is 2.94.